The molecule has 3 heteroatoms. The number of halogens is 3. The van der Waals surface area contributed by atoms with E-state index in [1.807, 2.05) is 54.6 Å². The third-order valence-electron chi connectivity index (χ3n) is 4.53. The fourth-order valence-corrected chi connectivity index (χ4v) is 4.32. The van der Waals surface area contributed by atoms with Crippen molar-refractivity contribution in [1.29, 1.82) is 0 Å². The van der Waals surface area contributed by atoms with Gasteiger partial charge in [0.15, 0.2) is 0 Å². The number of rotatable bonds is 4. The van der Waals surface area contributed by atoms with Crippen LogP contribution in [0.5, 0.6) is 0 Å². The molecule has 0 unspecified atom stereocenters. The summed E-state index contributed by atoms with van der Waals surface area (Å²) in [7, 11) is 0. The minimum absolute atomic E-state index is 0.505. The first-order valence-electron chi connectivity index (χ1n) is 7.86. The lowest BCUT2D eigenvalue weighted by molar-refractivity contribution is 0.594. The second-order valence-corrected chi connectivity index (χ2v) is 6.92. The molecule has 0 atom stereocenters. The van der Waals surface area contributed by atoms with E-state index in [9.17, 15) is 0 Å². The fourth-order valence-electron chi connectivity index (χ4n) is 3.43. The van der Waals surface area contributed by atoms with Crippen molar-refractivity contribution >= 4 is 34.8 Å². The molecule has 24 heavy (non-hydrogen) atoms. The van der Waals surface area contributed by atoms with Crippen molar-refractivity contribution in [1.82, 2.24) is 0 Å². The number of benzene rings is 3. The molecule has 0 saturated heterocycles. The van der Waals surface area contributed by atoms with Crippen LogP contribution in [0.1, 0.15) is 30.0 Å². The van der Waals surface area contributed by atoms with Gasteiger partial charge in [-0.2, -0.15) is 0 Å². The second kappa shape index (κ2) is 7.19. The Kier molecular flexibility index (Phi) is 5.20. The first-order chi connectivity index (χ1) is 11.6. The Morgan fingerprint density at radius 1 is 0.583 bits per heavy atom. The molecule has 0 aliphatic rings. The second-order valence-electron chi connectivity index (χ2n) is 5.70. The van der Waals surface area contributed by atoms with Gasteiger partial charge in [-0.05, 0) is 41.3 Å². The summed E-state index contributed by atoms with van der Waals surface area (Å²) < 4.78 is 0. The summed E-state index contributed by atoms with van der Waals surface area (Å²) in [4.78, 5) is 0. The van der Waals surface area contributed by atoms with Crippen LogP contribution in [0.25, 0.3) is 0 Å². The van der Waals surface area contributed by atoms with E-state index in [2.05, 4.69) is 25.1 Å². The maximum Gasteiger partial charge on any atom is 0.0492 e. The normalized spacial score (nSPS) is 11.5. The SMILES string of the molecule is CCC(c1ccccc1Cl)(c1ccccc1Cl)c1ccccc1Cl. The third-order valence-corrected chi connectivity index (χ3v) is 5.52. The van der Waals surface area contributed by atoms with Gasteiger partial charge in [-0.1, -0.05) is 96.3 Å². The maximum absolute atomic E-state index is 6.61. The van der Waals surface area contributed by atoms with Gasteiger partial charge in [-0.25, -0.2) is 0 Å². The summed E-state index contributed by atoms with van der Waals surface area (Å²) in [5.74, 6) is 0. The molecule has 0 aliphatic carbocycles. The molecule has 0 radical (unpaired) electrons. The highest BCUT2D eigenvalue weighted by Crippen LogP contribution is 2.48. The molecule has 122 valence electrons. The predicted molar refractivity (Wildman–Crippen MR) is 105 cm³/mol. The van der Waals surface area contributed by atoms with Crippen LogP contribution in [0.3, 0.4) is 0 Å². The van der Waals surface area contributed by atoms with Crippen LogP contribution in [-0.4, -0.2) is 0 Å². The van der Waals surface area contributed by atoms with Crippen LogP contribution in [0, 0.1) is 0 Å². The monoisotopic (exact) mass is 374 g/mol. The van der Waals surface area contributed by atoms with Gasteiger partial charge in [0.05, 0.1) is 0 Å². The number of hydrogen-bond donors (Lipinski definition) is 0. The standard InChI is InChI=1S/C21H17Cl3/c1-2-21(15-9-3-6-12-18(15)22,16-10-4-7-13-19(16)23)17-11-5-8-14-20(17)24/h3-14H,2H2,1H3. The van der Waals surface area contributed by atoms with E-state index >= 15 is 0 Å². The lowest BCUT2D eigenvalue weighted by atomic mass is 9.67. The van der Waals surface area contributed by atoms with Crippen molar-refractivity contribution in [3.8, 4) is 0 Å². The molecule has 0 fully saturated rings. The Balaban J connectivity index is 2.43. The topological polar surface area (TPSA) is 0 Å². The Morgan fingerprint density at radius 2 is 0.875 bits per heavy atom. The van der Waals surface area contributed by atoms with Gasteiger partial charge in [0, 0.05) is 20.5 Å². The summed E-state index contributed by atoms with van der Waals surface area (Å²) in [6.07, 6.45) is 0.782. The quantitative estimate of drug-likeness (QED) is 0.417. The zero-order chi connectivity index (χ0) is 17.2. The van der Waals surface area contributed by atoms with Gasteiger partial charge in [-0.3, -0.25) is 0 Å². The first kappa shape index (κ1) is 17.4. The van der Waals surface area contributed by atoms with Gasteiger partial charge in [0.2, 0.25) is 0 Å². The van der Waals surface area contributed by atoms with E-state index in [4.69, 9.17) is 34.8 Å². The van der Waals surface area contributed by atoms with Crippen LogP contribution >= 0.6 is 34.8 Å². The van der Waals surface area contributed by atoms with Crippen molar-refractivity contribution in [3.63, 3.8) is 0 Å². The van der Waals surface area contributed by atoms with Gasteiger partial charge in [0.1, 0.15) is 0 Å². The average Bonchev–Trinajstić information content (AvgIpc) is 2.60. The highest BCUT2D eigenvalue weighted by atomic mass is 35.5. The predicted octanol–water partition coefficient (Wildman–Crippen LogP) is 7.39. The molecule has 0 heterocycles. The Morgan fingerprint density at radius 3 is 1.12 bits per heavy atom. The smallest absolute Gasteiger partial charge is 0.0492 e. The molecule has 0 saturated carbocycles. The Hall–Kier alpha value is -1.47. The highest BCUT2D eigenvalue weighted by molar-refractivity contribution is 6.33. The van der Waals surface area contributed by atoms with Crippen LogP contribution in [0.15, 0.2) is 72.8 Å². The molecular weight excluding hydrogens is 359 g/mol. The molecule has 0 spiro atoms. The van der Waals surface area contributed by atoms with Gasteiger partial charge >= 0.3 is 0 Å². The van der Waals surface area contributed by atoms with Crippen molar-refractivity contribution in [2.24, 2.45) is 0 Å². The van der Waals surface area contributed by atoms with Crippen molar-refractivity contribution < 1.29 is 0 Å². The van der Waals surface area contributed by atoms with Crippen LogP contribution in [-0.2, 0) is 5.41 Å². The lowest BCUT2D eigenvalue weighted by Gasteiger charge is -2.37. The molecule has 0 aliphatic heterocycles. The van der Waals surface area contributed by atoms with E-state index in [-0.39, 0.29) is 0 Å². The zero-order valence-electron chi connectivity index (χ0n) is 13.3. The molecule has 0 N–H and O–H groups in total. The van der Waals surface area contributed by atoms with E-state index in [0.717, 1.165) is 23.1 Å². The van der Waals surface area contributed by atoms with Crippen LogP contribution < -0.4 is 0 Å². The molecule has 3 rings (SSSR count). The summed E-state index contributed by atoms with van der Waals surface area (Å²) in [6, 6.07) is 23.7. The fraction of sp³-hybridized carbons (Fsp3) is 0.143. The lowest BCUT2D eigenvalue weighted by Crippen LogP contribution is -2.29. The zero-order valence-corrected chi connectivity index (χ0v) is 15.5. The molecule has 0 aromatic heterocycles. The minimum Gasteiger partial charge on any atom is -0.0840 e. The number of hydrogen-bond acceptors (Lipinski definition) is 0. The maximum atomic E-state index is 6.61. The van der Waals surface area contributed by atoms with Crippen molar-refractivity contribution in [2.45, 2.75) is 18.8 Å². The van der Waals surface area contributed by atoms with Gasteiger partial charge in [-0.15, -0.1) is 0 Å². The molecule has 0 bridgehead atoms. The molecule has 0 amide bonds. The summed E-state index contributed by atoms with van der Waals surface area (Å²) in [6.45, 7) is 2.13. The minimum atomic E-state index is -0.505. The van der Waals surface area contributed by atoms with Crippen molar-refractivity contribution in [2.75, 3.05) is 0 Å². The van der Waals surface area contributed by atoms with Crippen LogP contribution in [0.4, 0.5) is 0 Å². The van der Waals surface area contributed by atoms with E-state index in [1.165, 1.54) is 0 Å². The van der Waals surface area contributed by atoms with Crippen LogP contribution in [0.2, 0.25) is 15.1 Å². The van der Waals surface area contributed by atoms with E-state index < -0.39 is 5.41 Å². The Bertz CT molecular complexity index is 744. The van der Waals surface area contributed by atoms with Crippen molar-refractivity contribution in [3.05, 3.63) is 105 Å². The molecule has 0 nitrogen and oxygen atoms in total. The van der Waals surface area contributed by atoms with E-state index in [1.54, 1.807) is 0 Å². The average molecular weight is 376 g/mol. The van der Waals surface area contributed by atoms with E-state index in [0.29, 0.717) is 15.1 Å². The molecule has 3 aromatic rings. The Labute approximate surface area is 158 Å². The summed E-state index contributed by atoms with van der Waals surface area (Å²) in [5.41, 5.74) is 2.52. The molecule has 3 aromatic carbocycles. The van der Waals surface area contributed by atoms with Gasteiger partial charge < -0.3 is 0 Å². The largest absolute Gasteiger partial charge is 0.0840 e. The third kappa shape index (κ3) is 2.84. The molecular formula is C21H17Cl3. The first-order valence-corrected chi connectivity index (χ1v) is 8.99. The summed E-state index contributed by atoms with van der Waals surface area (Å²) in [5, 5.41) is 2.12. The summed E-state index contributed by atoms with van der Waals surface area (Å²) >= 11 is 19.8. The highest BCUT2D eigenvalue weighted by Gasteiger charge is 2.39. The van der Waals surface area contributed by atoms with Gasteiger partial charge in [0.25, 0.3) is 0 Å².